The van der Waals surface area contributed by atoms with Crippen LogP contribution in [0.1, 0.15) is 38.2 Å². The number of hydrogen-bond donors (Lipinski definition) is 0. The molecule has 0 saturated heterocycles. The van der Waals surface area contributed by atoms with Gasteiger partial charge in [-0.1, -0.05) is 74.4 Å². The third kappa shape index (κ3) is 5.90. The van der Waals surface area contributed by atoms with E-state index in [4.69, 9.17) is 0 Å². The molecule has 0 heterocycles. The van der Waals surface area contributed by atoms with Gasteiger partial charge in [0.25, 0.3) is 0 Å². The molecule has 0 heteroatoms. The van der Waals surface area contributed by atoms with Gasteiger partial charge >= 0.3 is 0 Å². The van der Waals surface area contributed by atoms with Crippen LogP contribution < -0.4 is 0 Å². The minimum Gasteiger partial charge on any atom is -0.0845 e. The van der Waals surface area contributed by atoms with E-state index in [9.17, 15) is 0 Å². The van der Waals surface area contributed by atoms with Crippen molar-refractivity contribution >= 4 is 6.08 Å². The second-order valence-electron chi connectivity index (χ2n) is 3.69. The summed E-state index contributed by atoms with van der Waals surface area (Å²) in [6.45, 7) is 2.24. The third-order valence-corrected chi connectivity index (χ3v) is 2.31. The Morgan fingerprint density at radius 2 is 1.80 bits per heavy atom. The molecule has 1 aromatic rings. The fourth-order valence-electron chi connectivity index (χ4n) is 1.42. The van der Waals surface area contributed by atoms with Crippen molar-refractivity contribution in [1.29, 1.82) is 0 Å². The van der Waals surface area contributed by atoms with Crippen LogP contribution >= 0.6 is 0 Å². The van der Waals surface area contributed by atoms with Crippen LogP contribution in [0.15, 0.2) is 48.6 Å². The van der Waals surface area contributed by atoms with E-state index in [1.165, 1.54) is 31.2 Å². The minimum absolute atomic E-state index is 1.20. The van der Waals surface area contributed by atoms with E-state index in [1.807, 2.05) is 6.07 Å². The van der Waals surface area contributed by atoms with E-state index in [-0.39, 0.29) is 0 Å². The lowest BCUT2D eigenvalue weighted by Gasteiger charge is -1.90. The molecule has 0 spiro atoms. The summed E-state index contributed by atoms with van der Waals surface area (Å²) in [7, 11) is 0. The smallest absolute Gasteiger partial charge is 0.0257 e. The molecule has 0 nitrogen and oxygen atoms in total. The molecule has 0 aliphatic rings. The Balaban J connectivity index is 2.22. The van der Waals surface area contributed by atoms with Crippen LogP contribution in [-0.2, 0) is 0 Å². The molecule has 0 aliphatic carbocycles. The maximum absolute atomic E-state index is 2.25. The highest BCUT2D eigenvalue weighted by molar-refractivity contribution is 5.50. The summed E-state index contributed by atoms with van der Waals surface area (Å²) in [5.74, 6) is 0. The Kier molecular flexibility index (Phi) is 6.31. The zero-order chi connectivity index (χ0) is 10.8. The van der Waals surface area contributed by atoms with Gasteiger partial charge in [0.2, 0.25) is 0 Å². The van der Waals surface area contributed by atoms with E-state index < -0.39 is 0 Å². The third-order valence-electron chi connectivity index (χ3n) is 2.31. The largest absolute Gasteiger partial charge is 0.0845 e. The lowest BCUT2D eigenvalue weighted by Crippen LogP contribution is -1.70. The van der Waals surface area contributed by atoms with Crippen molar-refractivity contribution in [2.75, 3.05) is 0 Å². The highest BCUT2D eigenvalue weighted by Gasteiger charge is 1.81. The molecular weight excluding hydrogens is 180 g/mol. The first kappa shape index (κ1) is 11.8. The molecule has 1 aromatic carbocycles. The monoisotopic (exact) mass is 200 g/mol. The normalized spacial score (nSPS) is 11.5. The van der Waals surface area contributed by atoms with Crippen molar-refractivity contribution in [3.8, 4) is 0 Å². The Morgan fingerprint density at radius 3 is 2.53 bits per heavy atom. The molecule has 0 bridgehead atoms. The van der Waals surface area contributed by atoms with Crippen molar-refractivity contribution in [3.05, 3.63) is 54.1 Å². The summed E-state index contributed by atoms with van der Waals surface area (Å²) in [5, 5.41) is 0. The molecule has 1 rings (SSSR count). The van der Waals surface area contributed by atoms with Gasteiger partial charge in [0, 0.05) is 0 Å². The predicted octanol–water partition coefficient (Wildman–Crippen LogP) is 4.84. The SMILES string of the molecule is CCCCCC=CC=Cc1ccccc1. The topological polar surface area (TPSA) is 0 Å². The first-order valence-electron chi connectivity index (χ1n) is 5.81. The average Bonchev–Trinajstić information content (AvgIpc) is 2.29. The van der Waals surface area contributed by atoms with Gasteiger partial charge in [-0.2, -0.15) is 0 Å². The summed E-state index contributed by atoms with van der Waals surface area (Å²) >= 11 is 0. The second kappa shape index (κ2) is 8.05. The molecule has 0 saturated carbocycles. The Labute approximate surface area is 93.3 Å². The van der Waals surface area contributed by atoms with Gasteiger partial charge in [-0.3, -0.25) is 0 Å². The molecule has 0 aliphatic heterocycles. The van der Waals surface area contributed by atoms with E-state index in [1.54, 1.807) is 0 Å². The van der Waals surface area contributed by atoms with Crippen LogP contribution in [0, 0.1) is 0 Å². The van der Waals surface area contributed by atoms with Crippen molar-refractivity contribution in [2.45, 2.75) is 32.6 Å². The van der Waals surface area contributed by atoms with Gasteiger partial charge in [-0.25, -0.2) is 0 Å². The molecule has 0 unspecified atom stereocenters. The standard InChI is InChI=1S/C15H20/c1-2-3-4-5-6-7-9-12-15-13-10-8-11-14-15/h6-14H,2-5H2,1H3. The fourth-order valence-corrected chi connectivity index (χ4v) is 1.42. The number of rotatable bonds is 6. The minimum atomic E-state index is 1.20. The van der Waals surface area contributed by atoms with Gasteiger partial charge in [0.15, 0.2) is 0 Å². The van der Waals surface area contributed by atoms with Crippen LogP contribution in [0.4, 0.5) is 0 Å². The van der Waals surface area contributed by atoms with Gasteiger partial charge in [0.1, 0.15) is 0 Å². The maximum Gasteiger partial charge on any atom is -0.0257 e. The molecule has 0 aromatic heterocycles. The maximum atomic E-state index is 2.25. The highest BCUT2D eigenvalue weighted by atomic mass is 13.9. The van der Waals surface area contributed by atoms with Crippen LogP contribution in [-0.4, -0.2) is 0 Å². The van der Waals surface area contributed by atoms with Crippen molar-refractivity contribution in [3.63, 3.8) is 0 Å². The van der Waals surface area contributed by atoms with E-state index in [0.717, 1.165) is 0 Å². The number of allylic oxidation sites excluding steroid dienone is 3. The number of unbranched alkanes of at least 4 members (excludes halogenated alkanes) is 3. The fraction of sp³-hybridized carbons (Fsp3) is 0.333. The molecule has 15 heavy (non-hydrogen) atoms. The highest BCUT2D eigenvalue weighted by Crippen LogP contribution is 2.02. The Morgan fingerprint density at radius 1 is 1.00 bits per heavy atom. The van der Waals surface area contributed by atoms with Crippen LogP contribution in [0.2, 0.25) is 0 Å². The first-order chi connectivity index (χ1) is 7.43. The lowest BCUT2D eigenvalue weighted by atomic mass is 10.2. The molecule has 0 N–H and O–H groups in total. The van der Waals surface area contributed by atoms with Gasteiger partial charge < -0.3 is 0 Å². The predicted molar refractivity (Wildman–Crippen MR) is 68.8 cm³/mol. The van der Waals surface area contributed by atoms with Gasteiger partial charge in [-0.15, -0.1) is 0 Å². The lowest BCUT2D eigenvalue weighted by molar-refractivity contribution is 0.729. The number of hydrogen-bond acceptors (Lipinski definition) is 0. The van der Waals surface area contributed by atoms with E-state index in [2.05, 4.69) is 55.5 Å². The van der Waals surface area contributed by atoms with Crippen molar-refractivity contribution < 1.29 is 0 Å². The number of benzene rings is 1. The zero-order valence-electron chi connectivity index (χ0n) is 9.52. The van der Waals surface area contributed by atoms with Crippen LogP contribution in [0.5, 0.6) is 0 Å². The summed E-state index contributed by atoms with van der Waals surface area (Å²) < 4.78 is 0. The summed E-state index contributed by atoms with van der Waals surface area (Å²) in [4.78, 5) is 0. The average molecular weight is 200 g/mol. The molecule has 0 atom stereocenters. The first-order valence-corrected chi connectivity index (χ1v) is 5.81. The zero-order valence-corrected chi connectivity index (χ0v) is 9.52. The van der Waals surface area contributed by atoms with Crippen molar-refractivity contribution in [2.24, 2.45) is 0 Å². The van der Waals surface area contributed by atoms with Crippen molar-refractivity contribution in [1.82, 2.24) is 0 Å². The van der Waals surface area contributed by atoms with Crippen LogP contribution in [0.25, 0.3) is 6.08 Å². The summed E-state index contributed by atoms with van der Waals surface area (Å²) in [6.07, 6.45) is 13.8. The van der Waals surface area contributed by atoms with Gasteiger partial charge in [-0.05, 0) is 18.4 Å². The summed E-state index contributed by atoms with van der Waals surface area (Å²) in [6, 6.07) is 10.4. The molecule has 0 amide bonds. The Hall–Kier alpha value is -1.30. The quantitative estimate of drug-likeness (QED) is 0.455. The van der Waals surface area contributed by atoms with Gasteiger partial charge in [0.05, 0.1) is 0 Å². The molecule has 0 fully saturated rings. The molecule has 0 radical (unpaired) electrons. The van der Waals surface area contributed by atoms with E-state index in [0.29, 0.717) is 0 Å². The second-order valence-corrected chi connectivity index (χ2v) is 3.69. The van der Waals surface area contributed by atoms with Crippen LogP contribution in [0.3, 0.4) is 0 Å². The Bertz CT molecular complexity index is 293. The van der Waals surface area contributed by atoms with E-state index >= 15 is 0 Å². The summed E-state index contributed by atoms with van der Waals surface area (Å²) in [5.41, 5.74) is 1.26. The molecular formula is C15H20. The molecule has 80 valence electrons.